The standard InChI is InChI=1S/C16H27N5O4S/c22-15(14-4-3-12-9-20(14)16(23)21(12)25-26)18-24-10-11-7-13(8-17-11)19-5-1-2-6-19/h11-14,17,26H,1-10H2,(H,18,22)/t11-,12?,13-,14?/m1/s1. The Balaban J connectivity index is 1.21. The minimum absolute atomic E-state index is 0.0322. The summed E-state index contributed by atoms with van der Waals surface area (Å²) >= 11 is 3.73. The van der Waals surface area contributed by atoms with Crippen LogP contribution in [-0.4, -0.2) is 83.8 Å². The van der Waals surface area contributed by atoms with Gasteiger partial charge in [0.2, 0.25) is 0 Å². The Hall–Kier alpha value is -1.07. The van der Waals surface area contributed by atoms with E-state index in [1.165, 1.54) is 35.9 Å². The van der Waals surface area contributed by atoms with E-state index in [1.807, 2.05) is 0 Å². The van der Waals surface area contributed by atoms with Crippen LogP contribution in [0.4, 0.5) is 4.79 Å². The van der Waals surface area contributed by atoms with Gasteiger partial charge in [-0.25, -0.2) is 14.6 Å². The highest BCUT2D eigenvalue weighted by molar-refractivity contribution is 7.75. The van der Waals surface area contributed by atoms with E-state index in [4.69, 9.17) is 9.12 Å². The molecule has 2 N–H and O–H groups in total. The first-order valence-electron chi connectivity index (χ1n) is 9.48. The molecule has 0 aliphatic carbocycles. The zero-order valence-corrected chi connectivity index (χ0v) is 15.7. The van der Waals surface area contributed by atoms with Crippen LogP contribution in [0.25, 0.3) is 0 Å². The molecule has 0 saturated carbocycles. The highest BCUT2D eigenvalue weighted by Gasteiger charge is 2.48. The van der Waals surface area contributed by atoms with Gasteiger partial charge in [0.15, 0.2) is 0 Å². The van der Waals surface area contributed by atoms with E-state index in [0.29, 0.717) is 32.0 Å². The van der Waals surface area contributed by atoms with Crippen molar-refractivity contribution in [1.29, 1.82) is 0 Å². The van der Waals surface area contributed by atoms with Crippen molar-refractivity contribution >= 4 is 24.8 Å². The maximum atomic E-state index is 12.4. The monoisotopic (exact) mass is 385 g/mol. The summed E-state index contributed by atoms with van der Waals surface area (Å²) in [6.45, 7) is 4.28. The van der Waals surface area contributed by atoms with Crippen molar-refractivity contribution in [2.45, 2.75) is 56.3 Å². The van der Waals surface area contributed by atoms with Crippen LogP contribution in [0.5, 0.6) is 0 Å². The van der Waals surface area contributed by atoms with Crippen LogP contribution < -0.4 is 10.8 Å². The summed E-state index contributed by atoms with van der Waals surface area (Å²) in [5, 5.41) is 4.70. The smallest absolute Gasteiger partial charge is 0.310 e. The minimum atomic E-state index is -0.513. The highest BCUT2D eigenvalue weighted by Crippen LogP contribution is 2.30. The van der Waals surface area contributed by atoms with E-state index in [9.17, 15) is 9.59 Å². The third-order valence-corrected chi connectivity index (χ3v) is 6.20. The van der Waals surface area contributed by atoms with Crippen LogP contribution in [0, 0.1) is 0 Å². The second-order valence-corrected chi connectivity index (χ2v) is 7.77. The number of likely N-dealkylation sites (tertiary alicyclic amines) is 1. The van der Waals surface area contributed by atoms with Gasteiger partial charge in [0.25, 0.3) is 5.91 Å². The molecule has 4 fully saturated rings. The van der Waals surface area contributed by atoms with E-state index in [1.54, 1.807) is 0 Å². The summed E-state index contributed by atoms with van der Waals surface area (Å²) in [7, 11) is 0. The molecule has 3 amide bonds. The van der Waals surface area contributed by atoms with Gasteiger partial charge >= 0.3 is 6.03 Å². The predicted octanol–water partition coefficient (Wildman–Crippen LogP) is -0.0945. The molecule has 2 unspecified atom stereocenters. The van der Waals surface area contributed by atoms with Crippen molar-refractivity contribution in [3.05, 3.63) is 0 Å². The maximum absolute atomic E-state index is 12.4. The van der Waals surface area contributed by atoms with Gasteiger partial charge in [0.1, 0.15) is 6.04 Å². The summed E-state index contributed by atoms with van der Waals surface area (Å²) in [5.41, 5.74) is 2.54. The molecule has 0 aromatic heterocycles. The fourth-order valence-corrected chi connectivity index (χ4v) is 4.81. The SMILES string of the molecule is O=C(NOC[C@H]1C[C@@H](N2CCCC2)CN1)C1CCC2CN1C(=O)N2OS. The van der Waals surface area contributed by atoms with Crippen molar-refractivity contribution in [1.82, 2.24) is 25.7 Å². The Morgan fingerprint density at radius 3 is 2.85 bits per heavy atom. The lowest BCUT2D eigenvalue weighted by molar-refractivity contribution is -0.139. The zero-order valence-electron chi connectivity index (χ0n) is 14.8. The number of amides is 3. The largest absolute Gasteiger partial charge is 0.345 e. The lowest BCUT2D eigenvalue weighted by Gasteiger charge is -2.29. The van der Waals surface area contributed by atoms with Crippen molar-refractivity contribution in [2.75, 3.05) is 32.8 Å². The molecule has 4 aliphatic heterocycles. The van der Waals surface area contributed by atoms with Crippen LogP contribution in [0.3, 0.4) is 0 Å². The zero-order chi connectivity index (χ0) is 18.1. The topological polar surface area (TPSA) is 86.4 Å². The Morgan fingerprint density at radius 1 is 1.27 bits per heavy atom. The summed E-state index contributed by atoms with van der Waals surface area (Å²) < 4.78 is 4.83. The fourth-order valence-electron chi connectivity index (χ4n) is 4.60. The summed E-state index contributed by atoms with van der Waals surface area (Å²) in [5.74, 6) is -0.271. The second-order valence-electron chi connectivity index (χ2n) is 7.60. The third-order valence-electron chi connectivity index (χ3n) is 6.03. The second kappa shape index (κ2) is 7.89. The first-order chi connectivity index (χ1) is 12.7. The van der Waals surface area contributed by atoms with Gasteiger partial charge in [-0.15, -0.1) is 0 Å². The molecule has 4 saturated heterocycles. The molecule has 2 bridgehead atoms. The highest BCUT2D eigenvalue weighted by atomic mass is 32.1. The lowest BCUT2D eigenvalue weighted by Crippen LogP contribution is -2.50. The van der Waals surface area contributed by atoms with E-state index in [-0.39, 0.29) is 24.0 Å². The molecule has 10 heteroatoms. The minimum Gasteiger partial charge on any atom is -0.310 e. The Kier molecular flexibility index (Phi) is 5.55. The predicted molar refractivity (Wildman–Crippen MR) is 95.9 cm³/mol. The van der Waals surface area contributed by atoms with Crippen molar-refractivity contribution < 1.29 is 18.7 Å². The number of fused-ring (bicyclic) bond motifs is 2. The number of urea groups is 1. The first kappa shape index (κ1) is 18.3. The summed E-state index contributed by atoms with van der Waals surface area (Å²) in [6, 6.07) is -0.0329. The van der Waals surface area contributed by atoms with Crippen LogP contribution in [0.1, 0.15) is 32.1 Å². The number of nitrogens with one attached hydrogen (secondary N) is 2. The number of carbonyl (C=O) groups is 2. The molecule has 0 spiro atoms. The summed E-state index contributed by atoms with van der Waals surface area (Å²) in [4.78, 5) is 34.2. The van der Waals surface area contributed by atoms with Crippen LogP contribution in [0.2, 0.25) is 0 Å². The molecule has 9 nitrogen and oxygen atoms in total. The number of thiol groups is 1. The average Bonchev–Trinajstić information content (AvgIpc) is 3.37. The van der Waals surface area contributed by atoms with Gasteiger partial charge in [-0.3, -0.25) is 14.5 Å². The van der Waals surface area contributed by atoms with E-state index < -0.39 is 6.04 Å². The number of nitrogens with zero attached hydrogens (tertiary/aromatic N) is 3. The van der Waals surface area contributed by atoms with Gasteiger partial charge in [0.05, 0.1) is 12.6 Å². The number of hydrogen-bond donors (Lipinski definition) is 3. The molecule has 0 aromatic rings. The molecule has 4 atom stereocenters. The molecule has 146 valence electrons. The number of hydroxylamine groups is 3. The molecular weight excluding hydrogens is 358 g/mol. The average molecular weight is 385 g/mol. The normalized spacial score (nSPS) is 34.7. The molecule has 26 heavy (non-hydrogen) atoms. The molecule has 4 rings (SSSR count). The van der Waals surface area contributed by atoms with E-state index in [0.717, 1.165) is 13.0 Å². The Morgan fingerprint density at radius 2 is 2.08 bits per heavy atom. The van der Waals surface area contributed by atoms with Gasteiger partial charge < -0.3 is 10.2 Å². The van der Waals surface area contributed by atoms with Gasteiger partial charge in [0, 0.05) is 38.1 Å². The van der Waals surface area contributed by atoms with Gasteiger partial charge in [-0.2, -0.15) is 5.06 Å². The van der Waals surface area contributed by atoms with Crippen molar-refractivity contribution in [3.63, 3.8) is 0 Å². The number of rotatable bonds is 6. The lowest BCUT2D eigenvalue weighted by atomic mass is 10.0. The molecule has 4 heterocycles. The third kappa shape index (κ3) is 3.53. The maximum Gasteiger partial charge on any atom is 0.345 e. The molecular formula is C16H27N5O4S. The first-order valence-corrected chi connectivity index (χ1v) is 9.84. The number of piperidine rings is 1. The molecule has 0 aromatic carbocycles. The van der Waals surface area contributed by atoms with Crippen molar-refractivity contribution in [2.24, 2.45) is 0 Å². The van der Waals surface area contributed by atoms with Crippen LogP contribution >= 0.6 is 12.9 Å². The quantitative estimate of drug-likeness (QED) is 0.337. The van der Waals surface area contributed by atoms with Crippen LogP contribution in [-0.2, 0) is 13.9 Å². The van der Waals surface area contributed by atoms with E-state index in [2.05, 4.69) is 28.6 Å². The number of carbonyl (C=O) groups excluding carboxylic acids is 2. The summed E-state index contributed by atoms with van der Waals surface area (Å²) in [6.07, 6.45) is 4.93. The molecule has 4 aliphatic rings. The fraction of sp³-hybridized carbons (Fsp3) is 0.875. The van der Waals surface area contributed by atoms with Gasteiger partial charge in [-0.1, -0.05) is 0 Å². The number of hydrogen-bond acceptors (Lipinski definition) is 7. The Bertz CT molecular complexity index is 547. The van der Waals surface area contributed by atoms with Crippen molar-refractivity contribution in [3.8, 4) is 0 Å². The van der Waals surface area contributed by atoms with Gasteiger partial charge in [-0.05, 0) is 45.2 Å². The molecule has 0 radical (unpaired) electrons. The van der Waals surface area contributed by atoms with E-state index >= 15 is 0 Å². The van der Waals surface area contributed by atoms with Crippen LogP contribution in [0.15, 0.2) is 0 Å². The Labute approximate surface area is 158 Å².